The Morgan fingerprint density at radius 1 is 1.38 bits per heavy atom. The van der Waals surface area contributed by atoms with Gasteiger partial charge in [0.15, 0.2) is 0 Å². The van der Waals surface area contributed by atoms with E-state index >= 15 is 0 Å². The molecule has 1 unspecified atom stereocenters. The van der Waals surface area contributed by atoms with E-state index in [1.54, 1.807) is 4.90 Å². The standard InChI is InChI=1S/C12H20N2O2/c1-12(2)5-3-4-9(6-12)14-8-10(15)13-7-11(14)16/h9H,3-8H2,1-2H3,(H,13,15). The lowest BCUT2D eigenvalue weighted by atomic mass is 9.74. The van der Waals surface area contributed by atoms with E-state index in [4.69, 9.17) is 0 Å². The largest absolute Gasteiger partial charge is 0.345 e. The lowest BCUT2D eigenvalue weighted by molar-refractivity contribution is -0.144. The summed E-state index contributed by atoms with van der Waals surface area (Å²) in [5.74, 6) is 0.0466. The van der Waals surface area contributed by atoms with Gasteiger partial charge in [-0.25, -0.2) is 0 Å². The average Bonchev–Trinajstić information content (AvgIpc) is 2.20. The molecule has 1 aliphatic heterocycles. The van der Waals surface area contributed by atoms with Crippen molar-refractivity contribution in [2.75, 3.05) is 13.1 Å². The Kier molecular flexibility index (Phi) is 2.91. The highest BCUT2D eigenvalue weighted by atomic mass is 16.2. The zero-order chi connectivity index (χ0) is 11.8. The summed E-state index contributed by atoms with van der Waals surface area (Å²) in [4.78, 5) is 24.9. The Morgan fingerprint density at radius 2 is 2.12 bits per heavy atom. The van der Waals surface area contributed by atoms with Gasteiger partial charge < -0.3 is 10.2 Å². The maximum Gasteiger partial charge on any atom is 0.242 e. The number of piperazine rings is 1. The van der Waals surface area contributed by atoms with Crippen molar-refractivity contribution in [1.82, 2.24) is 10.2 Å². The lowest BCUT2D eigenvalue weighted by Crippen LogP contribution is -2.56. The quantitative estimate of drug-likeness (QED) is 0.720. The lowest BCUT2D eigenvalue weighted by Gasteiger charge is -2.42. The van der Waals surface area contributed by atoms with Crippen LogP contribution in [0, 0.1) is 5.41 Å². The molecule has 0 radical (unpaired) electrons. The van der Waals surface area contributed by atoms with Crippen molar-refractivity contribution in [1.29, 1.82) is 0 Å². The molecule has 90 valence electrons. The van der Waals surface area contributed by atoms with Gasteiger partial charge in [-0.1, -0.05) is 20.3 Å². The average molecular weight is 224 g/mol. The van der Waals surface area contributed by atoms with Crippen molar-refractivity contribution >= 4 is 11.8 Å². The van der Waals surface area contributed by atoms with Crippen LogP contribution in [0.5, 0.6) is 0 Å². The molecule has 1 aliphatic carbocycles. The predicted octanol–water partition coefficient (Wildman–Crippen LogP) is 0.914. The van der Waals surface area contributed by atoms with Crippen molar-refractivity contribution in [3.05, 3.63) is 0 Å². The van der Waals surface area contributed by atoms with Crippen molar-refractivity contribution in [3.8, 4) is 0 Å². The summed E-state index contributed by atoms with van der Waals surface area (Å²) in [6.45, 7) is 4.91. The summed E-state index contributed by atoms with van der Waals surface area (Å²) in [6.07, 6.45) is 4.44. The number of rotatable bonds is 1. The fourth-order valence-corrected chi connectivity index (χ4v) is 2.83. The van der Waals surface area contributed by atoms with E-state index in [-0.39, 0.29) is 30.9 Å². The maximum atomic E-state index is 11.8. The van der Waals surface area contributed by atoms with E-state index in [9.17, 15) is 9.59 Å². The van der Waals surface area contributed by atoms with Crippen molar-refractivity contribution in [2.45, 2.75) is 45.6 Å². The van der Waals surface area contributed by atoms with Gasteiger partial charge in [-0.3, -0.25) is 9.59 Å². The molecular weight excluding hydrogens is 204 g/mol. The fraction of sp³-hybridized carbons (Fsp3) is 0.833. The smallest absolute Gasteiger partial charge is 0.242 e. The highest BCUT2D eigenvalue weighted by molar-refractivity contribution is 5.92. The highest BCUT2D eigenvalue weighted by Gasteiger charge is 2.35. The maximum absolute atomic E-state index is 11.8. The summed E-state index contributed by atoms with van der Waals surface area (Å²) >= 11 is 0. The molecule has 2 rings (SSSR count). The number of nitrogens with one attached hydrogen (secondary N) is 1. The second-order valence-corrected chi connectivity index (χ2v) is 5.71. The summed E-state index contributed by atoms with van der Waals surface area (Å²) in [5.41, 5.74) is 0.303. The van der Waals surface area contributed by atoms with E-state index in [0.717, 1.165) is 19.3 Å². The van der Waals surface area contributed by atoms with Gasteiger partial charge in [0.2, 0.25) is 11.8 Å². The molecule has 4 heteroatoms. The summed E-state index contributed by atoms with van der Waals surface area (Å²) in [7, 11) is 0. The van der Waals surface area contributed by atoms with Crippen LogP contribution >= 0.6 is 0 Å². The van der Waals surface area contributed by atoms with Gasteiger partial charge in [-0.15, -0.1) is 0 Å². The normalized spacial score (nSPS) is 30.1. The number of carbonyl (C=O) groups excluding carboxylic acids is 2. The van der Waals surface area contributed by atoms with Crippen molar-refractivity contribution in [2.24, 2.45) is 5.41 Å². The second-order valence-electron chi connectivity index (χ2n) is 5.71. The van der Waals surface area contributed by atoms with Crippen LogP contribution in [0.15, 0.2) is 0 Å². The Labute approximate surface area is 96.4 Å². The SMILES string of the molecule is CC1(C)CCCC(N2CC(=O)NCC2=O)C1. The fourth-order valence-electron chi connectivity index (χ4n) is 2.83. The minimum atomic E-state index is -0.0250. The van der Waals surface area contributed by atoms with Crippen LogP contribution in [0.4, 0.5) is 0 Å². The van der Waals surface area contributed by atoms with Crippen molar-refractivity contribution < 1.29 is 9.59 Å². The summed E-state index contributed by atoms with van der Waals surface area (Å²) < 4.78 is 0. The minimum Gasteiger partial charge on any atom is -0.345 e. The van der Waals surface area contributed by atoms with Gasteiger partial charge in [0.25, 0.3) is 0 Å². The Hall–Kier alpha value is -1.06. The van der Waals surface area contributed by atoms with Crippen LogP contribution < -0.4 is 5.32 Å². The molecule has 2 fully saturated rings. The third-order valence-electron chi connectivity index (χ3n) is 3.69. The Morgan fingerprint density at radius 3 is 2.81 bits per heavy atom. The Balaban J connectivity index is 2.05. The summed E-state index contributed by atoms with van der Waals surface area (Å²) in [6, 6.07) is 0.266. The van der Waals surface area contributed by atoms with Gasteiger partial charge in [0, 0.05) is 6.04 Å². The van der Waals surface area contributed by atoms with Crippen LogP contribution in [0.3, 0.4) is 0 Å². The van der Waals surface area contributed by atoms with Crippen LogP contribution in [0.1, 0.15) is 39.5 Å². The zero-order valence-electron chi connectivity index (χ0n) is 10.1. The third-order valence-corrected chi connectivity index (χ3v) is 3.69. The number of nitrogens with zero attached hydrogens (tertiary/aromatic N) is 1. The molecule has 0 aromatic heterocycles. The van der Waals surface area contributed by atoms with Gasteiger partial charge in [0.05, 0.1) is 13.1 Å². The number of carbonyl (C=O) groups is 2. The van der Waals surface area contributed by atoms with Crippen LogP contribution in [-0.2, 0) is 9.59 Å². The molecule has 1 atom stereocenters. The molecule has 0 bridgehead atoms. The monoisotopic (exact) mass is 224 g/mol. The number of hydrogen-bond donors (Lipinski definition) is 1. The van der Waals surface area contributed by atoms with E-state index in [0.29, 0.717) is 5.41 Å². The zero-order valence-corrected chi connectivity index (χ0v) is 10.1. The van der Waals surface area contributed by atoms with E-state index < -0.39 is 0 Å². The molecule has 2 amide bonds. The minimum absolute atomic E-state index is 0.0250. The Bertz CT molecular complexity index is 312. The van der Waals surface area contributed by atoms with Gasteiger partial charge in [-0.2, -0.15) is 0 Å². The predicted molar refractivity (Wildman–Crippen MR) is 60.8 cm³/mol. The van der Waals surface area contributed by atoms with Crippen LogP contribution in [-0.4, -0.2) is 35.8 Å². The molecule has 16 heavy (non-hydrogen) atoms. The highest BCUT2D eigenvalue weighted by Crippen LogP contribution is 2.37. The van der Waals surface area contributed by atoms with Crippen LogP contribution in [0.2, 0.25) is 0 Å². The molecule has 0 spiro atoms. The molecule has 1 saturated carbocycles. The van der Waals surface area contributed by atoms with E-state index in [1.165, 1.54) is 6.42 Å². The van der Waals surface area contributed by atoms with Gasteiger partial charge in [-0.05, 0) is 24.7 Å². The van der Waals surface area contributed by atoms with E-state index in [2.05, 4.69) is 19.2 Å². The van der Waals surface area contributed by atoms with E-state index in [1.807, 2.05) is 0 Å². The molecule has 0 aromatic rings. The summed E-state index contributed by atoms with van der Waals surface area (Å²) in [5, 5.41) is 2.59. The molecular formula is C12H20N2O2. The van der Waals surface area contributed by atoms with Crippen LogP contribution in [0.25, 0.3) is 0 Å². The second kappa shape index (κ2) is 4.07. The topological polar surface area (TPSA) is 49.4 Å². The molecule has 0 aromatic carbocycles. The molecule has 2 aliphatic rings. The number of amides is 2. The molecule has 1 N–H and O–H groups in total. The molecule has 1 heterocycles. The van der Waals surface area contributed by atoms with Crippen molar-refractivity contribution in [3.63, 3.8) is 0 Å². The first-order valence-electron chi connectivity index (χ1n) is 6.04. The first-order chi connectivity index (χ1) is 7.48. The number of hydrogen-bond acceptors (Lipinski definition) is 2. The third kappa shape index (κ3) is 2.36. The first-order valence-corrected chi connectivity index (χ1v) is 6.04. The van der Waals surface area contributed by atoms with Gasteiger partial charge >= 0.3 is 0 Å². The molecule has 4 nitrogen and oxygen atoms in total. The first kappa shape index (κ1) is 11.4. The molecule has 1 saturated heterocycles. The van der Waals surface area contributed by atoms with Gasteiger partial charge in [0.1, 0.15) is 0 Å².